The minimum absolute atomic E-state index is 0.00878. The van der Waals surface area contributed by atoms with Gasteiger partial charge >= 0.3 is 0 Å². The van der Waals surface area contributed by atoms with Crippen LogP contribution in [0.4, 0.5) is 22.9 Å². The maximum Gasteiger partial charge on any atom is 0.282 e. The van der Waals surface area contributed by atoms with E-state index in [0.717, 1.165) is 16.3 Å². The standard InChI is InChI=1S/C23H20N6O5/c1-14-12-19(25-13-24-14)26-15-7-9-16(10-8-15)27-20(30)6-3-11-28-22(31)17-4-2-5-18(29(33)34)21(17)23(28)32/h2,4-5,7-10,12-13H,3,6,11H2,1H3,(H,27,30)(H,24,25,26). The number of aromatic nitrogens is 2. The number of benzene rings is 2. The Labute approximate surface area is 194 Å². The van der Waals surface area contributed by atoms with E-state index in [1.807, 2.05) is 13.0 Å². The zero-order valence-electron chi connectivity index (χ0n) is 18.1. The zero-order valence-corrected chi connectivity index (χ0v) is 18.1. The van der Waals surface area contributed by atoms with Gasteiger partial charge in [-0.1, -0.05) is 6.07 Å². The predicted octanol–water partition coefficient (Wildman–Crippen LogP) is 3.45. The third kappa shape index (κ3) is 4.72. The van der Waals surface area contributed by atoms with E-state index in [1.165, 1.54) is 24.5 Å². The molecule has 0 radical (unpaired) electrons. The molecule has 2 aromatic carbocycles. The quantitative estimate of drug-likeness (QED) is 0.295. The van der Waals surface area contributed by atoms with Crippen LogP contribution in [-0.2, 0) is 4.79 Å². The molecule has 11 heteroatoms. The SMILES string of the molecule is Cc1cc(Nc2ccc(NC(=O)CCCN3C(=O)c4cccc([N+](=O)[O-])c4C3=O)cc2)ncn1. The van der Waals surface area contributed by atoms with Crippen molar-refractivity contribution in [2.24, 2.45) is 0 Å². The highest BCUT2D eigenvalue weighted by Crippen LogP contribution is 2.30. The lowest BCUT2D eigenvalue weighted by Crippen LogP contribution is -2.31. The van der Waals surface area contributed by atoms with Crippen molar-refractivity contribution in [3.8, 4) is 0 Å². The van der Waals surface area contributed by atoms with Crippen molar-refractivity contribution in [3.05, 3.63) is 81.8 Å². The lowest BCUT2D eigenvalue weighted by Gasteiger charge is -2.13. The molecule has 11 nitrogen and oxygen atoms in total. The molecule has 1 aromatic heterocycles. The van der Waals surface area contributed by atoms with Gasteiger partial charge in [0.1, 0.15) is 17.7 Å². The third-order valence-electron chi connectivity index (χ3n) is 5.20. The number of carbonyl (C=O) groups is 3. The highest BCUT2D eigenvalue weighted by Gasteiger charge is 2.40. The van der Waals surface area contributed by atoms with Crippen LogP contribution < -0.4 is 10.6 Å². The summed E-state index contributed by atoms with van der Waals surface area (Å²) in [6.07, 6.45) is 1.75. The average molecular weight is 460 g/mol. The second-order valence-electron chi connectivity index (χ2n) is 7.62. The van der Waals surface area contributed by atoms with Crippen LogP contribution in [0.3, 0.4) is 0 Å². The van der Waals surface area contributed by atoms with Gasteiger partial charge in [-0.3, -0.25) is 29.4 Å². The van der Waals surface area contributed by atoms with Gasteiger partial charge in [-0.2, -0.15) is 0 Å². The van der Waals surface area contributed by atoms with E-state index in [1.54, 1.807) is 24.3 Å². The molecule has 2 heterocycles. The molecule has 0 spiro atoms. The Hall–Kier alpha value is -4.67. The van der Waals surface area contributed by atoms with Gasteiger partial charge in [0.15, 0.2) is 0 Å². The molecule has 0 atom stereocenters. The number of anilines is 3. The number of nitro benzene ring substituents is 1. The molecule has 0 unspecified atom stereocenters. The summed E-state index contributed by atoms with van der Waals surface area (Å²) in [7, 11) is 0. The molecule has 1 aliphatic rings. The molecule has 1 aliphatic heterocycles. The topological polar surface area (TPSA) is 147 Å². The molecule has 34 heavy (non-hydrogen) atoms. The second kappa shape index (κ2) is 9.45. The van der Waals surface area contributed by atoms with Gasteiger partial charge in [0, 0.05) is 42.2 Å². The van der Waals surface area contributed by atoms with Crippen molar-refractivity contribution in [3.63, 3.8) is 0 Å². The first kappa shape index (κ1) is 22.5. The smallest absolute Gasteiger partial charge is 0.282 e. The molecule has 0 aliphatic carbocycles. The number of fused-ring (bicyclic) bond motifs is 1. The molecular formula is C23H20N6O5. The van der Waals surface area contributed by atoms with Crippen LogP contribution in [0.5, 0.6) is 0 Å². The van der Waals surface area contributed by atoms with Crippen LogP contribution in [0, 0.1) is 17.0 Å². The molecule has 0 bridgehead atoms. The van der Waals surface area contributed by atoms with Crippen molar-refractivity contribution in [2.75, 3.05) is 17.2 Å². The summed E-state index contributed by atoms with van der Waals surface area (Å²) in [4.78, 5) is 57.0. The third-order valence-corrected chi connectivity index (χ3v) is 5.20. The lowest BCUT2D eigenvalue weighted by atomic mass is 10.1. The van der Waals surface area contributed by atoms with Crippen LogP contribution in [0.15, 0.2) is 54.9 Å². The first-order valence-corrected chi connectivity index (χ1v) is 10.4. The molecule has 0 saturated heterocycles. The van der Waals surface area contributed by atoms with Gasteiger partial charge in [-0.15, -0.1) is 0 Å². The second-order valence-corrected chi connectivity index (χ2v) is 7.62. The van der Waals surface area contributed by atoms with Crippen LogP contribution >= 0.6 is 0 Å². The Balaban J connectivity index is 1.29. The molecule has 4 rings (SSSR count). The summed E-state index contributed by atoms with van der Waals surface area (Å²) in [6.45, 7) is 1.85. The van der Waals surface area contributed by atoms with Gasteiger partial charge in [0.2, 0.25) is 5.91 Å². The average Bonchev–Trinajstić information content (AvgIpc) is 3.05. The van der Waals surface area contributed by atoms with Gasteiger partial charge in [0.25, 0.3) is 17.5 Å². The minimum Gasteiger partial charge on any atom is -0.340 e. The van der Waals surface area contributed by atoms with E-state index in [9.17, 15) is 24.5 Å². The van der Waals surface area contributed by atoms with Crippen molar-refractivity contribution in [2.45, 2.75) is 19.8 Å². The maximum absolute atomic E-state index is 12.6. The molecule has 172 valence electrons. The van der Waals surface area contributed by atoms with Crippen LogP contribution in [0.1, 0.15) is 39.3 Å². The van der Waals surface area contributed by atoms with E-state index in [-0.39, 0.29) is 36.4 Å². The predicted molar refractivity (Wildman–Crippen MR) is 123 cm³/mol. The Morgan fingerprint density at radius 2 is 1.79 bits per heavy atom. The number of aryl methyl sites for hydroxylation is 1. The van der Waals surface area contributed by atoms with E-state index in [0.29, 0.717) is 11.5 Å². The van der Waals surface area contributed by atoms with E-state index in [4.69, 9.17) is 0 Å². The summed E-state index contributed by atoms with van der Waals surface area (Å²) < 4.78 is 0. The Morgan fingerprint density at radius 1 is 1.06 bits per heavy atom. The molecule has 0 saturated carbocycles. The van der Waals surface area contributed by atoms with Gasteiger partial charge < -0.3 is 10.6 Å². The highest BCUT2D eigenvalue weighted by atomic mass is 16.6. The van der Waals surface area contributed by atoms with Gasteiger partial charge in [0.05, 0.1) is 10.5 Å². The summed E-state index contributed by atoms with van der Waals surface area (Å²) in [5.41, 5.74) is 1.62. The number of hydrogen-bond donors (Lipinski definition) is 2. The molecule has 2 N–H and O–H groups in total. The fraction of sp³-hybridized carbons (Fsp3) is 0.174. The number of rotatable bonds is 8. The zero-order chi connectivity index (χ0) is 24.2. The van der Waals surface area contributed by atoms with Crippen LogP contribution in [0.2, 0.25) is 0 Å². The fourth-order valence-corrected chi connectivity index (χ4v) is 3.60. The minimum atomic E-state index is -0.713. The van der Waals surface area contributed by atoms with Crippen LogP contribution in [0.25, 0.3) is 0 Å². The summed E-state index contributed by atoms with van der Waals surface area (Å²) in [6, 6.07) is 12.8. The Morgan fingerprint density at radius 3 is 2.50 bits per heavy atom. The van der Waals surface area contributed by atoms with E-state index in [2.05, 4.69) is 20.6 Å². The van der Waals surface area contributed by atoms with Crippen molar-refractivity contribution >= 4 is 40.6 Å². The number of amides is 3. The highest BCUT2D eigenvalue weighted by molar-refractivity contribution is 6.23. The van der Waals surface area contributed by atoms with Crippen LogP contribution in [-0.4, -0.2) is 44.1 Å². The van der Waals surface area contributed by atoms with E-state index >= 15 is 0 Å². The normalized spacial score (nSPS) is 12.4. The maximum atomic E-state index is 12.6. The van der Waals surface area contributed by atoms with Gasteiger partial charge in [-0.25, -0.2) is 9.97 Å². The molecule has 3 aromatic rings. The van der Waals surface area contributed by atoms with Gasteiger partial charge in [-0.05, 0) is 43.7 Å². The van der Waals surface area contributed by atoms with E-state index < -0.39 is 22.4 Å². The summed E-state index contributed by atoms with van der Waals surface area (Å²) in [5.74, 6) is -0.932. The number of nitrogens with one attached hydrogen (secondary N) is 2. The summed E-state index contributed by atoms with van der Waals surface area (Å²) >= 11 is 0. The number of hydrogen-bond acceptors (Lipinski definition) is 8. The first-order valence-electron chi connectivity index (χ1n) is 10.4. The molecule has 3 amide bonds. The number of nitrogens with zero attached hydrogens (tertiary/aromatic N) is 4. The fourth-order valence-electron chi connectivity index (χ4n) is 3.60. The number of nitro groups is 1. The summed E-state index contributed by atoms with van der Waals surface area (Å²) in [5, 5.41) is 17.1. The molecular weight excluding hydrogens is 440 g/mol. The largest absolute Gasteiger partial charge is 0.340 e. The van der Waals surface area contributed by atoms with Crippen molar-refractivity contribution < 1.29 is 19.3 Å². The lowest BCUT2D eigenvalue weighted by molar-refractivity contribution is -0.385. The Bertz CT molecular complexity index is 1290. The van der Waals surface area contributed by atoms with Crippen molar-refractivity contribution in [1.29, 1.82) is 0 Å². The number of imide groups is 1. The first-order chi connectivity index (χ1) is 16.3. The monoisotopic (exact) mass is 460 g/mol. The number of carbonyl (C=O) groups excluding carboxylic acids is 3. The molecule has 0 fully saturated rings. The van der Waals surface area contributed by atoms with Crippen molar-refractivity contribution in [1.82, 2.24) is 14.9 Å². The Kier molecular flexibility index (Phi) is 6.26.